The van der Waals surface area contributed by atoms with Gasteiger partial charge in [0.1, 0.15) is 5.69 Å². The van der Waals surface area contributed by atoms with Crippen LogP contribution in [0.25, 0.3) is 5.69 Å². The van der Waals surface area contributed by atoms with Crippen molar-refractivity contribution in [2.45, 2.75) is 45.8 Å². The molecule has 1 aromatic heterocycles. The highest BCUT2D eigenvalue weighted by atomic mass is 16.5. The molecule has 2 atom stereocenters. The molecule has 1 aliphatic rings. The number of nitrogens with zero attached hydrogens (tertiary/aromatic N) is 3. The molecule has 1 aromatic carbocycles. The standard InChI is InChI=1S/C19H26N4O2/c1-13(2)17-15(10-11-25-17)18(24)20-19(3,4)16-12-23(22-21-16)14-8-6-5-7-9-14/h5-9,12-13,15,17H,10-11H2,1-4H3,(H,20,24)/t15-,17-/m1/s1. The molecule has 1 aliphatic heterocycles. The number of amides is 1. The first kappa shape index (κ1) is 17.6. The maximum Gasteiger partial charge on any atom is 0.226 e. The lowest BCUT2D eigenvalue weighted by atomic mass is 9.90. The second kappa shape index (κ2) is 6.96. The van der Waals surface area contributed by atoms with E-state index in [1.54, 1.807) is 4.68 Å². The fraction of sp³-hybridized carbons (Fsp3) is 0.526. The molecule has 2 heterocycles. The average Bonchev–Trinajstić information content (AvgIpc) is 3.25. The van der Waals surface area contributed by atoms with Crippen molar-refractivity contribution in [3.8, 4) is 5.69 Å². The third-order valence-electron chi connectivity index (χ3n) is 4.72. The van der Waals surface area contributed by atoms with E-state index in [2.05, 4.69) is 29.5 Å². The molecule has 1 fully saturated rings. The molecule has 6 heteroatoms. The summed E-state index contributed by atoms with van der Waals surface area (Å²) < 4.78 is 7.46. The summed E-state index contributed by atoms with van der Waals surface area (Å²) >= 11 is 0. The van der Waals surface area contributed by atoms with E-state index in [1.807, 2.05) is 50.4 Å². The van der Waals surface area contributed by atoms with Crippen LogP contribution in [0, 0.1) is 11.8 Å². The summed E-state index contributed by atoms with van der Waals surface area (Å²) in [5.41, 5.74) is 1.06. The minimum absolute atomic E-state index is 0.0178. The summed E-state index contributed by atoms with van der Waals surface area (Å²) in [6.07, 6.45) is 2.61. The van der Waals surface area contributed by atoms with Gasteiger partial charge in [-0.25, -0.2) is 4.68 Å². The van der Waals surface area contributed by atoms with Gasteiger partial charge < -0.3 is 10.1 Å². The normalized spacial score (nSPS) is 20.8. The first-order chi connectivity index (χ1) is 11.9. The maximum absolute atomic E-state index is 12.8. The monoisotopic (exact) mass is 342 g/mol. The van der Waals surface area contributed by atoms with Gasteiger partial charge in [0, 0.05) is 6.61 Å². The van der Waals surface area contributed by atoms with Crippen LogP contribution in [0.2, 0.25) is 0 Å². The zero-order valence-corrected chi connectivity index (χ0v) is 15.3. The van der Waals surface area contributed by atoms with Crippen LogP contribution in [-0.4, -0.2) is 33.6 Å². The van der Waals surface area contributed by atoms with E-state index in [-0.39, 0.29) is 17.9 Å². The number of hydrogen-bond acceptors (Lipinski definition) is 4. The lowest BCUT2D eigenvalue weighted by Crippen LogP contribution is -2.46. The highest BCUT2D eigenvalue weighted by Gasteiger charge is 2.38. The molecule has 3 rings (SSSR count). The Morgan fingerprint density at radius 1 is 1.32 bits per heavy atom. The molecule has 1 N–H and O–H groups in total. The van der Waals surface area contributed by atoms with Gasteiger partial charge in [0.05, 0.1) is 29.4 Å². The fourth-order valence-electron chi connectivity index (χ4n) is 3.27. The van der Waals surface area contributed by atoms with E-state index >= 15 is 0 Å². The van der Waals surface area contributed by atoms with Crippen molar-refractivity contribution in [2.24, 2.45) is 11.8 Å². The number of carbonyl (C=O) groups is 1. The van der Waals surface area contributed by atoms with E-state index in [9.17, 15) is 4.79 Å². The minimum Gasteiger partial charge on any atom is -0.377 e. The Hall–Kier alpha value is -2.21. The highest BCUT2D eigenvalue weighted by Crippen LogP contribution is 2.28. The second-order valence-electron chi connectivity index (χ2n) is 7.47. The topological polar surface area (TPSA) is 69.0 Å². The zero-order valence-electron chi connectivity index (χ0n) is 15.3. The average molecular weight is 342 g/mol. The minimum atomic E-state index is -0.603. The van der Waals surface area contributed by atoms with Gasteiger partial charge in [0.2, 0.25) is 5.91 Å². The smallest absolute Gasteiger partial charge is 0.226 e. The number of aromatic nitrogens is 3. The fourth-order valence-corrected chi connectivity index (χ4v) is 3.27. The number of para-hydroxylation sites is 1. The van der Waals surface area contributed by atoms with Crippen molar-refractivity contribution < 1.29 is 9.53 Å². The van der Waals surface area contributed by atoms with E-state index < -0.39 is 5.54 Å². The Bertz CT molecular complexity index is 724. The Morgan fingerprint density at radius 3 is 2.72 bits per heavy atom. The third kappa shape index (κ3) is 3.74. The predicted molar refractivity (Wildman–Crippen MR) is 95.2 cm³/mol. The van der Waals surface area contributed by atoms with E-state index in [0.717, 1.165) is 17.8 Å². The first-order valence-corrected chi connectivity index (χ1v) is 8.80. The highest BCUT2D eigenvalue weighted by molar-refractivity contribution is 5.80. The number of carbonyl (C=O) groups excluding carboxylic acids is 1. The van der Waals surface area contributed by atoms with E-state index in [1.165, 1.54) is 0 Å². The van der Waals surface area contributed by atoms with Crippen LogP contribution < -0.4 is 5.32 Å². The number of benzene rings is 1. The summed E-state index contributed by atoms with van der Waals surface area (Å²) in [5, 5.41) is 11.6. The summed E-state index contributed by atoms with van der Waals surface area (Å²) in [6, 6.07) is 9.80. The van der Waals surface area contributed by atoms with Crippen LogP contribution >= 0.6 is 0 Å². The molecular formula is C19H26N4O2. The van der Waals surface area contributed by atoms with Gasteiger partial charge in [-0.1, -0.05) is 37.3 Å². The number of ether oxygens (including phenoxy) is 1. The first-order valence-electron chi connectivity index (χ1n) is 8.80. The van der Waals surface area contributed by atoms with Crippen molar-refractivity contribution in [1.82, 2.24) is 20.3 Å². The summed E-state index contributed by atoms with van der Waals surface area (Å²) in [7, 11) is 0. The lowest BCUT2D eigenvalue weighted by Gasteiger charge is -2.28. The van der Waals surface area contributed by atoms with Crippen LogP contribution in [0.4, 0.5) is 0 Å². The van der Waals surface area contributed by atoms with Gasteiger partial charge >= 0.3 is 0 Å². The SMILES string of the molecule is CC(C)[C@H]1OCC[C@H]1C(=O)NC(C)(C)c1cn(-c2ccccc2)nn1. The quantitative estimate of drug-likeness (QED) is 0.907. The van der Waals surface area contributed by atoms with Crippen LogP contribution in [0.1, 0.15) is 39.8 Å². The van der Waals surface area contributed by atoms with Crippen molar-refractivity contribution >= 4 is 5.91 Å². The van der Waals surface area contributed by atoms with E-state index in [4.69, 9.17) is 4.74 Å². The van der Waals surface area contributed by atoms with Crippen LogP contribution in [-0.2, 0) is 15.1 Å². The molecule has 0 saturated carbocycles. The maximum atomic E-state index is 12.8. The van der Waals surface area contributed by atoms with Gasteiger partial charge in [-0.05, 0) is 38.3 Å². The molecule has 0 bridgehead atoms. The largest absolute Gasteiger partial charge is 0.377 e. The molecule has 1 saturated heterocycles. The second-order valence-corrected chi connectivity index (χ2v) is 7.47. The van der Waals surface area contributed by atoms with Crippen LogP contribution in [0.15, 0.2) is 36.5 Å². The molecule has 0 unspecified atom stereocenters. The van der Waals surface area contributed by atoms with Crippen LogP contribution in [0.3, 0.4) is 0 Å². The van der Waals surface area contributed by atoms with Crippen molar-refractivity contribution in [3.05, 3.63) is 42.2 Å². The molecule has 2 aromatic rings. The molecule has 0 spiro atoms. The summed E-state index contributed by atoms with van der Waals surface area (Å²) in [4.78, 5) is 12.8. The molecule has 0 radical (unpaired) electrons. The Labute approximate surface area is 148 Å². The molecule has 0 aliphatic carbocycles. The Balaban J connectivity index is 1.74. The molecule has 1 amide bonds. The van der Waals surface area contributed by atoms with Crippen LogP contribution in [0.5, 0.6) is 0 Å². The summed E-state index contributed by atoms with van der Waals surface area (Å²) in [5.74, 6) is 0.235. The molecule has 25 heavy (non-hydrogen) atoms. The Kier molecular flexibility index (Phi) is 4.90. The third-order valence-corrected chi connectivity index (χ3v) is 4.72. The number of hydrogen-bond donors (Lipinski definition) is 1. The van der Waals surface area contributed by atoms with Gasteiger partial charge in [0.25, 0.3) is 0 Å². The lowest BCUT2D eigenvalue weighted by molar-refractivity contribution is -0.129. The van der Waals surface area contributed by atoms with Gasteiger partial charge in [-0.15, -0.1) is 5.10 Å². The molecule has 6 nitrogen and oxygen atoms in total. The molecular weight excluding hydrogens is 316 g/mol. The van der Waals surface area contributed by atoms with Gasteiger partial charge in [-0.3, -0.25) is 4.79 Å². The van der Waals surface area contributed by atoms with Gasteiger partial charge in [0.15, 0.2) is 0 Å². The molecule has 134 valence electrons. The summed E-state index contributed by atoms with van der Waals surface area (Å²) in [6.45, 7) is 8.72. The number of rotatable bonds is 5. The predicted octanol–water partition coefficient (Wildman–Crippen LogP) is 2.68. The van der Waals surface area contributed by atoms with Gasteiger partial charge in [-0.2, -0.15) is 0 Å². The van der Waals surface area contributed by atoms with E-state index in [0.29, 0.717) is 12.5 Å². The zero-order chi connectivity index (χ0) is 18.0. The van der Waals surface area contributed by atoms with Crippen molar-refractivity contribution in [3.63, 3.8) is 0 Å². The number of nitrogens with one attached hydrogen (secondary N) is 1. The van der Waals surface area contributed by atoms with Crippen molar-refractivity contribution in [2.75, 3.05) is 6.61 Å². The van der Waals surface area contributed by atoms with Crippen molar-refractivity contribution in [1.29, 1.82) is 0 Å². The Morgan fingerprint density at radius 2 is 2.04 bits per heavy atom.